The first-order chi connectivity index (χ1) is 10.0. The maximum Gasteiger partial charge on any atom is 0.330 e. The molecule has 21 heavy (non-hydrogen) atoms. The second-order valence-electron chi connectivity index (χ2n) is 4.73. The summed E-state index contributed by atoms with van der Waals surface area (Å²) in [6.45, 7) is 0.752. The van der Waals surface area contributed by atoms with Gasteiger partial charge in [-0.1, -0.05) is 6.07 Å². The summed E-state index contributed by atoms with van der Waals surface area (Å²) >= 11 is 0. The maximum atomic E-state index is 13.7. The van der Waals surface area contributed by atoms with Crippen molar-refractivity contribution >= 4 is 11.9 Å². The molecule has 0 bridgehead atoms. The highest BCUT2D eigenvalue weighted by Crippen LogP contribution is 2.23. The SMILES string of the molecule is COc1ccc(C(NC(=O)C2CCOC2)C(=O)O)cc1F. The molecule has 1 amide bonds. The first-order valence-corrected chi connectivity index (χ1v) is 6.47. The Hall–Kier alpha value is -2.15. The Kier molecular flexibility index (Phi) is 4.74. The van der Waals surface area contributed by atoms with Crippen molar-refractivity contribution in [2.75, 3.05) is 20.3 Å². The van der Waals surface area contributed by atoms with Gasteiger partial charge in [0.1, 0.15) is 0 Å². The van der Waals surface area contributed by atoms with Gasteiger partial charge in [0.05, 0.1) is 19.6 Å². The lowest BCUT2D eigenvalue weighted by atomic mass is 10.0. The number of carboxylic acid groups (broad SMARTS) is 1. The fourth-order valence-electron chi connectivity index (χ4n) is 2.15. The number of carbonyl (C=O) groups excluding carboxylic acids is 1. The zero-order valence-electron chi connectivity index (χ0n) is 11.5. The molecule has 2 atom stereocenters. The molecule has 1 saturated heterocycles. The van der Waals surface area contributed by atoms with Crippen molar-refractivity contribution in [1.29, 1.82) is 0 Å². The van der Waals surface area contributed by atoms with E-state index in [1.807, 2.05) is 0 Å². The second-order valence-corrected chi connectivity index (χ2v) is 4.73. The fraction of sp³-hybridized carbons (Fsp3) is 0.429. The quantitative estimate of drug-likeness (QED) is 0.850. The normalized spacial score (nSPS) is 19.0. The summed E-state index contributed by atoms with van der Waals surface area (Å²) in [6.07, 6.45) is 0.551. The standard InChI is InChI=1S/C14H16FNO5/c1-20-11-3-2-8(6-10(11)15)12(14(18)19)16-13(17)9-4-5-21-7-9/h2-3,6,9,12H,4-5,7H2,1H3,(H,16,17)(H,18,19). The molecule has 0 spiro atoms. The van der Waals surface area contributed by atoms with Crippen molar-refractivity contribution in [3.8, 4) is 5.75 Å². The molecule has 1 heterocycles. The lowest BCUT2D eigenvalue weighted by molar-refractivity contribution is -0.142. The lowest BCUT2D eigenvalue weighted by Crippen LogP contribution is -2.38. The highest BCUT2D eigenvalue weighted by Gasteiger charge is 2.29. The minimum absolute atomic E-state index is 0.0124. The summed E-state index contributed by atoms with van der Waals surface area (Å²) in [5, 5.41) is 11.6. The monoisotopic (exact) mass is 297 g/mol. The Morgan fingerprint density at radius 1 is 1.52 bits per heavy atom. The second kappa shape index (κ2) is 6.53. The number of benzene rings is 1. The molecule has 0 aromatic heterocycles. The fourth-order valence-corrected chi connectivity index (χ4v) is 2.15. The molecule has 2 N–H and O–H groups in total. The number of carboxylic acids is 1. The number of methoxy groups -OCH3 is 1. The molecule has 0 aliphatic carbocycles. The molecular formula is C14H16FNO5. The van der Waals surface area contributed by atoms with Crippen LogP contribution in [0.2, 0.25) is 0 Å². The third-order valence-electron chi connectivity index (χ3n) is 3.34. The number of aliphatic carboxylic acids is 1. The minimum Gasteiger partial charge on any atom is -0.494 e. The molecule has 2 unspecified atom stereocenters. The van der Waals surface area contributed by atoms with E-state index in [-0.39, 0.29) is 23.8 Å². The number of nitrogens with one attached hydrogen (secondary N) is 1. The van der Waals surface area contributed by atoms with Crippen LogP contribution in [0.3, 0.4) is 0 Å². The highest BCUT2D eigenvalue weighted by molar-refractivity contribution is 5.86. The van der Waals surface area contributed by atoms with E-state index in [4.69, 9.17) is 9.47 Å². The zero-order valence-corrected chi connectivity index (χ0v) is 11.5. The van der Waals surface area contributed by atoms with Crippen LogP contribution in [0.4, 0.5) is 4.39 Å². The van der Waals surface area contributed by atoms with Gasteiger partial charge in [0.2, 0.25) is 5.91 Å². The van der Waals surface area contributed by atoms with E-state index < -0.39 is 23.7 Å². The van der Waals surface area contributed by atoms with Gasteiger partial charge < -0.3 is 19.9 Å². The Morgan fingerprint density at radius 3 is 2.81 bits per heavy atom. The van der Waals surface area contributed by atoms with Crippen molar-refractivity contribution in [2.45, 2.75) is 12.5 Å². The van der Waals surface area contributed by atoms with Gasteiger partial charge in [-0.05, 0) is 24.1 Å². The zero-order chi connectivity index (χ0) is 15.4. The molecule has 1 aliphatic rings. The highest BCUT2D eigenvalue weighted by atomic mass is 19.1. The maximum absolute atomic E-state index is 13.7. The predicted molar refractivity (Wildman–Crippen MR) is 70.4 cm³/mol. The van der Waals surface area contributed by atoms with Crippen molar-refractivity contribution < 1.29 is 28.6 Å². The van der Waals surface area contributed by atoms with Gasteiger partial charge >= 0.3 is 5.97 Å². The number of carbonyl (C=O) groups is 2. The van der Waals surface area contributed by atoms with Crippen LogP contribution in [0.5, 0.6) is 5.75 Å². The van der Waals surface area contributed by atoms with E-state index in [1.54, 1.807) is 0 Å². The van der Waals surface area contributed by atoms with Crippen LogP contribution < -0.4 is 10.1 Å². The van der Waals surface area contributed by atoms with E-state index >= 15 is 0 Å². The molecule has 0 radical (unpaired) electrons. The largest absolute Gasteiger partial charge is 0.494 e. The van der Waals surface area contributed by atoms with E-state index in [2.05, 4.69) is 5.32 Å². The van der Waals surface area contributed by atoms with Gasteiger partial charge in [0.15, 0.2) is 17.6 Å². The molecule has 2 rings (SSSR count). The van der Waals surface area contributed by atoms with Gasteiger partial charge in [0, 0.05) is 6.61 Å². The Balaban J connectivity index is 2.16. The van der Waals surface area contributed by atoms with E-state index in [0.29, 0.717) is 13.0 Å². The Morgan fingerprint density at radius 2 is 2.29 bits per heavy atom. The summed E-state index contributed by atoms with van der Waals surface area (Å²) in [5.41, 5.74) is 0.146. The van der Waals surface area contributed by atoms with Crippen molar-refractivity contribution in [2.24, 2.45) is 5.92 Å². The first kappa shape index (κ1) is 15.2. The van der Waals surface area contributed by atoms with Gasteiger partial charge in [-0.3, -0.25) is 4.79 Å². The number of hydrogen-bond donors (Lipinski definition) is 2. The molecule has 1 aromatic carbocycles. The number of halogens is 1. The van der Waals surface area contributed by atoms with Crippen LogP contribution in [-0.4, -0.2) is 37.3 Å². The number of hydrogen-bond acceptors (Lipinski definition) is 4. The van der Waals surface area contributed by atoms with Crippen molar-refractivity contribution in [3.05, 3.63) is 29.6 Å². The third kappa shape index (κ3) is 3.49. The van der Waals surface area contributed by atoms with Crippen LogP contribution in [-0.2, 0) is 14.3 Å². The smallest absolute Gasteiger partial charge is 0.330 e. The lowest BCUT2D eigenvalue weighted by Gasteiger charge is -2.17. The molecule has 1 aliphatic heterocycles. The van der Waals surface area contributed by atoms with Crippen LogP contribution >= 0.6 is 0 Å². The summed E-state index contributed by atoms with van der Waals surface area (Å²) in [5.74, 6) is -2.70. The average Bonchev–Trinajstić information content (AvgIpc) is 2.98. The van der Waals surface area contributed by atoms with E-state index in [0.717, 1.165) is 6.07 Å². The average molecular weight is 297 g/mol. The van der Waals surface area contributed by atoms with E-state index in [1.165, 1.54) is 19.2 Å². The van der Waals surface area contributed by atoms with Crippen LogP contribution in [0, 0.1) is 11.7 Å². The third-order valence-corrected chi connectivity index (χ3v) is 3.34. The molecule has 1 fully saturated rings. The summed E-state index contributed by atoms with van der Waals surface area (Å²) < 4.78 is 23.5. The Bertz CT molecular complexity index is 542. The molecule has 0 saturated carbocycles. The first-order valence-electron chi connectivity index (χ1n) is 6.47. The van der Waals surface area contributed by atoms with Gasteiger partial charge in [0.25, 0.3) is 0 Å². The predicted octanol–water partition coefficient (Wildman–Crippen LogP) is 1.11. The van der Waals surface area contributed by atoms with Gasteiger partial charge in [-0.15, -0.1) is 0 Å². The van der Waals surface area contributed by atoms with Crippen LogP contribution in [0.15, 0.2) is 18.2 Å². The van der Waals surface area contributed by atoms with Gasteiger partial charge in [-0.2, -0.15) is 0 Å². The molecule has 1 aromatic rings. The van der Waals surface area contributed by atoms with Crippen LogP contribution in [0.1, 0.15) is 18.0 Å². The minimum atomic E-state index is -1.31. The topological polar surface area (TPSA) is 84.9 Å². The van der Waals surface area contributed by atoms with Gasteiger partial charge in [-0.25, -0.2) is 9.18 Å². The summed E-state index contributed by atoms with van der Waals surface area (Å²) in [7, 11) is 1.31. The number of rotatable bonds is 5. The summed E-state index contributed by atoms with van der Waals surface area (Å²) in [4.78, 5) is 23.3. The van der Waals surface area contributed by atoms with Crippen molar-refractivity contribution in [1.82, 2.24) is 5.32 Å². The molecular weight excluding hydrogens is 281 g/mol. The van der Waals surface area contributed by atoms with Crippen molar-refractivity contribution in [3.63, 3.8) is 0 Å². The Labute approximate surface area is 120 Å². The van der Waals surface area contributed by atoms with E-state index in [9.17, 15) is 19.1 Å². The number of ether oxygens (including phenoxy) is 2. The molecule has 114 valence electrons. The summed E-state index contributed by atoms with van der Waals surface area (Å²) in [6, 6.07) is 2.47. The van der Waals surface area contributed by atoms with Crippen LogP contribution in [0.25, 0.3) is 0 Å². The molecule has 6 nitrogen and oxygen atoms in total. The number of amides is 1. The molecule has 7 heteroatoms.